The van der Waals surface area contributed by atoms with Crippen molar-refractivity contribution in [2.24, 2.45) is 5.92 Å². The Kier molecular flexibility index (Phi) is 4.21. The number of amides is 1. The molecule has 0 aromatic heterocycles. The Morgan fingerprint density at radius 3 is 2.67 bits per heavy atom. The van der Waals surface area contributed by atoms with Gasteiger partial charge in [-0.2, -0.15) is 0 Å². The number of nitro benzene ring substituents is 1. The van der Waals surface area contributed by atoms with Gasteiger partial charge in [0.05, 0.1) is 10.8 Å². The molecule has 1 aliphatic rings. The number of nitrogens with one attached hydrogen (secondary N) is 1. The van der Waals surface area contributed by atoms with E-state index in [9.17, 15) is 19.7 Å². The van der Waals surface area contributed by atoms with E-state index in [2.05, 4.69) is 5.32 Å². The molecule has 1 amide bonds. The molecule has 2 atom stereocenters. The summed E-state index contributed by atoms with van der Waals surface area (Å²) in [5.41, 5.74) is 0.652. The van der Waals surface area contributed by atoms with Gasteiger partial charge < -0.3 is 10.4 Å². The highest BCUT2D eigenvalue weighted by Gasteiger charge is 2.34. The zero-order chi connectivity index (χ0) is 15.6. The van der Waals surface area contributed by atoms with Crippen molar-refractivity contribution in [3.8, 4) is 0 Å². The second-order valence-electron chi connectivity index (χ2n) is 5.21. The van der Waals surface area contributed by atoms with Crippen LogP contribution in [0.3, 0.4) is 0 Å². The third kappa shape index (κ3) is 3.18. The van der Waals surface area contributed by atoms with Gasteiger partial charge >= 0.3 is 5.97 Å². The monoisotopic (exact) mass is 292 g/mol. The van der Waals surface area contributed by atoms with Gasteiger partial charge in [-0.1, -0.05) is 6.42 Å². The van der Waals surface area contributed by atoms with Gasteiger partial charge in [0.15, 0.2) is 0 Å². The summed E-state index contributed by atoms with van der Waals surface area (Å²) in [6.45, 7) is 1.56. The number of nitrogens with zero attached hydrogens (tertiary/aromatic N) is 1. The van der Waals surface area contributed by atoms with E-state index in [0.29, 0.717) is 24.0 Å². The zero-order valence-corrected chi connectivity index (χ0v) is 11.5. The van der Waals surface area contributed by atoms with Crippen LogP contribution in [-0.4, -0.2) is 27.9 Å². The topological polar surface area (TPSA) is 110 Å². The minimum atomic E-state index is -0.905. The van der Waals surface area contributed by atoms with Crippen LogP contribution in [0.25, 0.3) is 0 Å². The summed E-state index contributed by atoms with van der Waals surface area (Å²) in [5, 5.41) is 22.5. The largest absolute Gasteiger partial charge is 0.481 e. The van der Waals surface area contributed by atoms with Gasteiger partial charge in [0.25, 0.3) is 11.6 Å². The van der Waals surface area contributed by atoms with Crippen LogP contribution in [0.15, 0.2) is 18.2 Å². The Hall–Kier alpha value is -2.44. The maximum absolute atomic E-state index is 12.1. The molecule has 1 aromatic carbocycles. The molecular weight excluding hydrogens is 276 g/mol. The fourth-order valence-electron chi connectivity index (χ4n) is 2.68. The molecule has 2 unspecified atom stereocenters. The smallest absolute Gasteiger partial charge is 0.308 e. The van der Waals surface area contributed by atoms with E-state index in [1.54, 1.807) is 6.92 Å². The van der Waals surface area contributed by atoms with Gasteiger partial charge in [0.1, 0.15) is 0 Å². The third-order valence-corrected chi connectivity index (χ3v) is 3.81. The Balaban J connectivity index is 2.12. The molecule has 0 radical (unpaired) electrons. The van der Waals surface area contributed by atoms with Crippen molar-refractivity contribution in [2.45, 2.75) is 32.2 Å². The molecule has 0 aliphatic heterocycles. The average Bonchev–Trinajstić information content (AvgIpc) is 2.86. The first-order valence-electron chi connectivity index (χ1n) is 6.69. The number of hydrogen-bond donors (Lipinski definition) is 2. The van der Waals surface area contributed by atoms with Crippen LogP contribution in [0.5, 0.6) is 0 Å². The van der Waals surface area contributed by atoms with Crippen LogP contribution in [0, 0.1) is 23.0 Å². The summed E-state index contributed by atoms with van der Waals surface area (Å²) >= 11 is 0. The molecular formula is C14H16N2O5. The predicted molar refractivity (Wildman–Crippen MR) is 74.1 cm³/mol. The van der Waals surface area contributed by atoms with E-state index in [-0.39, 0.29) is 11.7 Å². The number of hydrogen-bond acceptors (Lipinski definition) is 4. The zero-order valence-electron chi connectivity index (χ0n) is 11.5. The summed E-state index contributed by atoms with van der Waals surface area (Å²) < 4.78 is 0. The van der Waals surface area contributed by atoms with Crippen molar-refractivity contribution in [3.63, 3.8) is 0 Å². The van der Waals surface area contributed by atoms with E-state index in [4.69, 9.17) is 5.11 Å². The predicted octanol–water partition coefficient (Wildman–Crippen LogP) is 1.89. The van der Waals surface area contributed by atoms with E-state index in [1.807, 2.05) is 0 Å². The van der Waals surface area contributed by atoms with Gasteiger partial charge in [-0.3, -0.25) is 19.7 Å². The lowest BCUT2D eigenvalue weighted by atomic mass is 10.0. The molecule has 7 nitrogen and oxygen atoms in total. The van der Waals surface area contributed by atoms with Gasteiger partial charge in [0, 0.05) is 23.2 Å². The highest BCUT2D eigenvalue weighted by molar-refractivity contribution is 5.95. The fraction of sp³-hybridized carbons (Fsp3) is 0.429. The lowest BCUT2D eigenvalue weighted by Gasteiger charge is -2.17. The first-order chi connectivity index (χ1) is 9.90. The van der Waals surface area contributed by atoms with Crippen LogP contribution < -0.4 is 5.32 Å². The van der Waals surface area contributed by atoms with Crippen LogP contribution in [0.2, 0.25) is 0 Å². The SMILES string of the molecule is Cc1cc(C(=O)NC2CCCC2C(=O)O)ccc1[N+](=O)[O-]. The maximum Gasteiger partial charge on any atom is 0.308 e. The maximum atomic E-state index is 12.1. The van der Waals surface area contributed by atoms with Crippen LogP contribution >= 0.6 is 0 Å². The summed E-state index contributed by atoms with van der Waals surface area (Å²) in [6, 6.07) is 3.72. The number of nitro groups is 1. The number of aryl methyl sites for hydroxylation is 1. The number of carbonyl (C=O) groups is 2. The Morgan fingerprint density at radius 2 is 2.10 bits per heavy atom. The van der Waals surface area contributed by atoms with E-state index in [1.165, 1.54) is 18.2 Å². The Morgan fingerprint density at radius 1 is 1.38 bits per heavy atom. The second kappa shape index (κ2) is 5.90. The quantitative estimate of drug-likeness (QED) is 0.650. The summed E-state index contributed by atoms with van der Waals surface area (Å²) in [4.78, 5) is 33.4. The van der Waals surface area contributed by atoms with Gasteiger partial charge in [-0.25, -0.2) is 0 Å². The molecule has 0 saturated heterocycles. The molecule has 1 saturated carbocycles. The van der Waals surface area contributed by atoms with Crippen molar-refractivity contribution in [1.29, 1.82) is 0 Å². The second-order valence-corrected chi connectivity index (χ2v) is 5.21. The number of rotatable bonds is 4. The lowest BCUT2D eigenvalue weighted by molar-refractivity contribution is -0.385. The van der Waals surface area contributed by atoms with E-state index in [0.717, 1.165) is 6.42 Å². The molecule has 7 heteroatoms. The van der Waals surface area contributed by atoms with Gasteiger partial charge in [0.2, 0.25) is 0 Å². The molecule has 21 heavy (non-hydrogen) atoms. The lowest BCUT2D eigenvalue weighted by Crippen LogP contribution is -2.40. The molecule has 0 spiro atoms. The van der Waals surface area contributed by atoms with Crippen LogP contribution in [0.4, 0.5) is 5.69 Å². The van der Waals surface area contributed by atoms with Crippen molar-refractivity contribution in [2.75, 3.05) is 0 Å². The highest BCUT2D eigenvalue weighted by atomic mass is 16.6. The third-order valence-electron chi connectivity index (χ3n) is 3.81. The van der Waals surface area contributed by atoms with Gasteiger partial charge in [-0.05, 0) is 31.9 Å². The average molecular weight is 292 g/mol. The number of aliphatic carboxylic acids is 1. The number of carboxylic acids is 1. The minimum Gasteiger partial charge on any atom is -0.481 e. The van der Waals surface area contributed by atoms with E-state index < -0.39 is 22.7 Å². The number of carboxylic acid groups (broad SMARTS) is 1. The molecule has 1 fully saturated rings. The molecule has 1 aromatic rings. The first-order valence-corrected chi connectivity index (χ1v) is 6.69. The molecule has 1 aliphatic carbocycles. The van der Waals surface area contributed by atoms with Crippen molar-refractivity contribution in [3.05, 3.63) is 39.4 Å². The highest BCUT2D eigenvalue weighted by Crippen LogP contribution is 2.26. The molecule has 112 valence electrons. The molecule has 2 rings (SSSR count). The molecule has 0 heterocycles. The normalized spacial score (nSPS) is 21.0. The van der Waals surface area contributed by atoms with Crippen molar-refractivity contribution in [1.82, 2.24) is 5.32 Å². The Bertz CT molecular complexity index is 599. The van der Waals surface area contributed by atoms with Crippen LogP contribution in [-0.2, 0) is 4.79 Å². The standard InChI is InChI=1S/C14H16N2O5/c1-8-7-9(5-6-12(8)16(20)21)13(17)15-11-4-2-3-10(11)14(18)19/h5-7,10-11H,2-4H2,1H3,(H,15,17)(H,18,19). The van der Waals surface area contributed by atoms with Crippen LogP contribution in [0.1, 0.15) is 35.2 Å². The van der Waals surface area contributed by atoms with E-state index >= 15 is 0 Å². The number of carbonyl (C=O) groups excluding carboxylic acids is 1. The fourth-order valence-corrected chi connectivity index (χ4v) is 2.68. The van der Waals surface area contributed by atoms with Crippen molar-refractivity contribution < 1.29 is 19.6 Å². The summed E-state index contributed by atoms with van der Waals surface area (Å²) in [6.07, 6.45) is 1.95. The summed E-state index contributed by atoms with van der Waals surface area (Å²) in [7, 11) is 0. The molecule has 0 bridgehead atoms. The van der Waals surface area contributed by atoms with Crippen molar-refractivity contribution >= 4 is 17.6 Å². The summed E-state index contributed by atoms with van der Waals surface area (Å²) in [5.74, 6) is -1.86. The first kappa shape index (κ1) is 15.0. The number of benzene rings is 1. The minimum absolute atomic E-state index is 0.0455. The molecule has 2 N–H and O–H groups in total. The Labute approximate surface area is 121 Å². The van der Waals surface area contributed by atoms with Gasteiger partial charge in [-0.15, -0.1) is 0 Å².